The molecule has 1 aliphatic rings. The van der Waals surface area contributed by atoms with Gasteiger partial charge in [-0.2, -0.15) is 0 Å². The number of hydrogen-bond donors (Lipinski definition) is 2. The van der Waals surface area contributed by atoms with Crippen LogP contribution < -0.4 is 14.8 Å². The van der Waals surface area contributed by atoms with Gasteiger partial charge in [0.15, 0.2) is 0 Å². The van der Waals surface area contributed by atoms with E-state index in [2.05, 4.69) is 10.0 Å². The maximum absolute atomic E-state index is 14.6. The zero-order valence-electron chi connectivity index (χ0n) is 20.8. The molecular weight excluding hydrogens is 490 g/mol. The zero-order valence-corrected chi connectivity index (χ0v) is 21.6. The van der Waals surface area contributed by atoms with Crippen LogP contribution in [-0.2, 0) is 26.0 Å². The second-order valence-corrected chi connectivity index (χ2v) is 11.5. The SMILES string of the molecule is CC(C)(C)OC(=O)CCOc1ccccc1-c1cccc(CC2NCCC(F)C2NS(=O)(=O)CF)c1. The number of ether oxygens (including phenoxy) is 2. The average Bonchev–Trinajstić information content (AvgIpc) is 2.81. The second kappa shape index (κ2) is 12.1. The van der Waals surface area contributed by atoms with Gasteiger partial charge in [0, 0.05) is 11.6 Å². The van der Waals surface area contributed by atoms with Crippen LogP contribution in [0.2, 0.25) is 0 Å². The Balaban J connectivity index is 1.73. The molecule has 0 amide bonds. The van der Waals surface area contributed by atoms with Crippen LogP contribution in [0.5, 0.6) is 5.75 Å². The number of nitrogens with one attached hydrogen (secondary N) is 2. The van der Waals surface area contributed by atoms with E-state index in [-0.39, 0.29) is 25.4 Å². The number of sulfonamides is 1. The van der Waals surface area contributed by atoms with Gasteiger partial charge in [0.05, 0.1) is 19.1 Å². The Bertz CT molecular complexity index is 1140. The Kier molecular flexibility index (Phi) is 9.43. The minimum absolute atomic E-state index is 0.111. The molecule has 1 aliphatic heterocycles. The van der Waals surface area contributed by atoms with E-state index in [0.717, 1.165) is 16.7 Å². The summed E-state index contributed by atoms with van der Waals surface area (Å²) in [5, 5.41) is 3.16. The first-order valence-corrected chi connectivity index (χ1v) is 13.6. The van der Waals surface area contributed by atoms with Crippen LogP contribution in [0.4, 0.5) is 8.78 Å². The fourth-order valence-electron chi connectivity index (χ4n) is 4.15. The van der Waals surface area contributed by atoms with Crippen LogP contribution in [0.1, 0.15) is 39.2 Å². The smallest absolute Gasteiger partial charge is 0.309 e. The molecule has 36 heavy (non-hydrogen) atoms. The monoisotopic (exact) mass is 524 g/mol. The maximum atomic E-state index is 14.6. The van der Waals surface area contributed by atoms with Crippen LogP contribution in [-0.4, -0.2) is 57.4 Å². The molecule has 0 spiro atoms. The van der Waals surface area contributed by atoms with Crippen LogP contribution in [0.25, 0.3) is 11.1 Å². The average molecular weight is 525 g/mol. The Morgan fingerprint density at radius 3 is 2.64 bits per heavy atom. The molecule has 0 bridgehead atoms. The summed E-state index contributed by atoms with van der Waals surface area (Å²) < 4.78 is 64.3. The molecule has 2 aromatic rings. The van der Waals surface area contributed by atoms with E-state index in [1.165, 1.54) is 0 Å². The summed E-state index contributed by atoms with van der Waals surface area (Å²) in [5.74, 6) is 0.262. The Labute approximate surface area is 211 Å². The van der Waals surface area contributed by atoms with Crippen molar-refractivity contribution in [2.24, 2.45) is 0 Å². The minimum Gasteiger partial charge on any atom is -0.492 e. The Morgan fingerprint density at radius 2 is 1.92 bits per heavy atom. The fraction of sp³-hybridized carbons (Fsp3) is 0.500. The number of esters is 1. The van der Waals surface area contributed by atoms with Gasteiger partial charge in [-0.1, -0.05) is 42.5 Å². The van der Waals surface area contributed by atoms with Gasteiger partial charge in [0.2, 0.25) is 16.0 Å². The van der Waals surface area contributed by atoms with Crippen molar-refractivity contribution in [1.82, 2.24) is 10.0 Å². The van der Waals surface area contributed by atoms with E-state index in [9.17, 15) is 22.0 Å². The third-order valence-corrected chi connectivity index (χ3v) is 6.59. The number of piperidine rings is 1. The molecule has 1 heterocycles. The molecule has 1 fully saturated rings. The number of carbonyl (C=O) groups excluding carboxylic acids is 1. The Morgan fingerprint density at radius 1 is 1.17 bits per heavy atom. The van der Waals surface area contributed by atoms with Crippen molar-refractivity contribution < 1.29 is 31.5 Å². The molecule has 2 aromatic carbocycles. The number of alkyl halides is 2. The first kappa shape index (κ1) is 28.0. The van der Waals surface area contributed by atoms with Gasteiger partial charge in [0.25, 0.3) is 0 Å². The molecule has 0 radical (unpaired) electrons. The summed E-state index contributed by atoms with van der Waals surface area (Å²) >= 11 is 0. The summed E-state index contributed by atoms with van der Waals surface area (Å²) in [5.41, 5.74) is 1.97. The number of rotatable bonds is 10. The lowest BCUT2D eigenvalue weighted by molar-refractivity contribution is -0.155. The van der Waals surface area contributed by atoms with Crippen LogP contribution in [0, 0.1) is 0 Å². The van der Waals surface area contributed by atoms with Crippen molar-refractivity contribution in [2.45, 2.75) is 63.9 Å². The molecule has 0 saturated carbocycles. The topological polar surface area (TPSA) is 93.7 Å². The molecular formula is C26H34F2N2O5S. The Hall–Kier alpha value is -2.56. The number of halogens is 2. The van der Waals surface area contributed by atoms with Gasteiger partial charge >= 0.3 is 5.97 Å². The maximum Gasteiger partial charge on any atom is 0.309 e. The fourth-order valence-corrected chi connectivity index (χ4v) is 4.94. The van der Waals surface area contributed by atoms with Crippen LogP contribution >= 0.6 is 0 Å². The summed E-state index contributed by atoms with van der Waals surface area (Å²) in [4.78, 5) is 12.0. The number of hydrogen-bond acceptors (Lipinski definition) is 6. The first-order chi connectivity index (χ1) is 17.0. The van der Waals surface area contributed by atoms with Crippen molar-refractivity contribution >= 4 is 16.0 Å². The van der Waals surface area contributed by atoms with Gasteiger partial charge in [0.1, 0.15) is 17.5 Å². The third kappa shape index (κ3) is 8.25. The highest BCUT2D eigenvalue weighted by Crippen LogP contribution is 2.31. The molecule has 3 rings (SSSR count). The van der Waals surface area contributed by atoms with Gasteiger partial charge in [-0.25, -0.2) is 21.9 Å². The van der Waals surface area contributed by atoms with E-state index in [1.807, 2.05) is 69.3 Å². The summed E-state index contributed by atoms with van der Waals surface area (Å²) in [6.07, 6.45) is -0.821. The van der Waals surface area contributed by atoms with Gasteiger partial charge in [-0.3, -0.25) is 4.79 Å². The van der Waals surface area contributed by atoms with Gasteiger partial charge in [-0.15, -0.1) is 0 Å². The molecule has 7 nitrogen and oxygen atoms in total. The van der Waals surface area contributed by atoms with Crippen molar-refractivity contribution in [3.05, 3.63) is 54.1 Å². The normalized spacial score (nSPS) is 20.6. The molecule has 10 heteroatoms. The highest BCUT2D eigenvalue weighted by atomic mass is 32.2. The highest BCUT2D eigenvalue weighted by Gasteiger charge is 2.36. The standard InChI is InChI=1S/C26H34F2N2O5S/c1-26(2,3)35-24(31)12-14-34-23-10-5-4-9-20(23)19-8-6-7-18(15-19)16-22-25(21(28)11-13-29-22)30-36(32,33)17-27/h4-10,15,21-22,25,29-30H,11-14,16-17H2,1-3H3. The largest absolute Gasteiger partial charge is 0.492 e. The highest BCUT2D eigenvalue weighted by molar-refractivity contribution is 7.89. The van der Waals surface area contributed by atoms with Crippen LogP contribution in [0.3, 0.4) is 0 Å². The molecule has 198 valence electrons. The number of carbonyl (C=O) groups is 1. The lowest BCUT2D eigenvalue weighted by atomic mass is 9.91. The number of benzene rings is 2. The number of para-hydroxylation sites is 1. The second-order valence-electron chi connectivity index (χ2n) is 9.82. The van der Waals surface area contributed by atoms with E-state index in [0.29, 0.717) is 18.7 Å². The van der Waals surface area contributed by atoms with E-state index < -0.39 is 39.9 Å². The summed E-state index contributed by atoms with van der Waals surface area (Å²) in [6.45, 7) is 5.98. The third-order valence-electron chi connectivity index (χ3n) is 5.67. The van der Waals surface area contributed by atoms with Gasteiger partial charge < -0.3 is 14.8 Å². The summed E-state index contributed by atoms with van der Waals surface area (Å²) in [7, 11) is -4.21. The molecule has 2 N–H and O–H groups in total. The molecule has 3 unspecified atom stereocenters. The van der Waals surface area contributed by atoms with E-state index in [4.69, 9.17) is 9.47 Å². The van der Waals surface area contributed by atoms with E-state index >= 15 is 0 Å². The minimum atomic E-state index is -4.21. The molecule has 1 saturated heterocycles. The lowest BCUT2D eigenvalue weighted by Crippen LogP contribution is -2.59. The van der Waals surface area contributed by atoms with Crippen molar-refractivity contribution in [3.8, 4) is 16.9 Å². The van der Waals surface area contributed by atoms with E-state index in [1.54, 1.807) is 0 Å². The predicted octanol–water partition coefficient (Wildman–Crippen LogP) is 3.92. The molecule has 3 atom stereocenters. The lowest BCUT2D eigenvalue weighted by Gasteiger charge is -2.35. The first-order valence-electron chi connectivity index (χ1n) is 11.9. The van der Waals surface area contributed by atoms with Crippen molar-refractivity contribution in [1.29, 1.82) is 0 Å². The van der Waals surface area contributed by atoms with Gasteiger partial charge in [-0.05, 0) is 57.4 Å². The summed E-state index contributed by atoms with van der Waals surface area (Å²) in [6, 6.07) is 11.8. The molecule has 0 aromatic heterocycles. The van der Waals surface area contributed by atoms with Crippen LogP contribution in [0.15, 0.2) is 48.5 Å². The quantitative estimate of drug-likeness (QED) is 0.458. The van der Waals surface area contributed by atoms with Crippen molar-refractivity contribution in [3.63, 3.8) is 0 Å². The zero-order chi connectivity index (χ0) is 26.3. The predicted molar refractivity (Wildman–Crippen MR) is 135 cm³/mol. The van der Waals surface area contributed by atoms with Crippen molar-refractivity contribution in [2.75, 3.05) is 19.2 Å². The molecule has 0 aliphatic carbocycles.